The minimum Gasteiger partial charge on any atom is -0.480 e. The number of carbonyl (C=O) groups is 1. The molecule has 24 heavy (non-hydrogen) atoms. The lowest BCUT2D eigenvalue weighted by atomic mass is 9.75. The van der Waals surface area contributed by atoms with Crippen molar-refractivity contribution in [3.05, 3.63) is 29.8 Å². The molecule has 2 saturated heterocycles. The number of ether oxygens (including phenoxy) is 2. The van der Waals surface area contributed by atoms with E-state index in [0.29, 0.717) is 12.3 Å². The van der Waals surface area contributed by atoms with Gasteiger partial charge in [0.15, 0.2) is 6.10 Å². The number of carbonyl (C=O) groups excluding carboxylic acids is 1. The molecule has 1 amide bonds. The van der Waals surface area contributed by atoms with E-state index in [1.54, 1.807) is 7.11 Å². The van der Waals surface area contributed by atoms with Crippen molar-refractivity contribution in [2.24, 2.45) is 5.92 Å². The molecule has 3 aliphatic rings. The molecule has 0 saturated carbocycles. The van der Waals surface area contributed by atoms with E-state index in [1.165, 1.54) is 6.42 Å². The number of fused-ring (bicyclic) bond motifs is 1. The van der Waals surface area contributed by atoms with Gasteiger partial charge in [-0.15, -0.1) is 0 Å². The summed E-state index contributed by atoms with van der Waals surface area (Å²) in [6, 6.07) is 7.95. The summed E-state index contributed by atoms with van der Waals surface area (Å²) in [6.45, 7) is 3.55. The lowest BCUT2D eigenvalue weighted by Gasteiger charge is -2.58. The number of hydrogen-bond donors (Lipinski definition) is 0. The highest BCUT2D eigenvalue weighted by Crippen LogP contribution is 2.39. The third-order valence-electron chi connectivity index (χ3n) is 5.96. The van der Waals surface area contributed by atoms with E-state index < -0.39 is 0 Å². The van der Waals surface area contributed by atoms with Gasteiger partial charge in [-0.3, -0.25) is 9.69 Å². The summed E-state index contributed by atoms with van der Waals surface area (Å²) < 4.78 is 11.2. The molecule has 5 nitrogen and oxygen atoms in total. The minimum atomic E-state index is -0.344. The highest BCUT2D eigenvalue weighted by Gasteiger charge is 2.52. The van der Waals surface area contributed by atoms with Crippen molar-refractivity contribution >= 4 is 5.91 Å². The van der Waals surface area contributed by atoms with E-state index >= 15 is 0 Å². The molecule has 1 spiro atoms. The van der Waals surface area contributed by atoms with Gasteiger partial charge in [-0.05, 0) is 44.0 Å². The predicted octanol–water partition coefficient (Wildman–Crippen LogP) is 1.56. The summed E-state index contributed by atoms with van der Waals surface area (Å²) in [6.07, 6.45) is 2.65. The molecule has 0 N–H and O–H groups in total. The maximum absolute atomic E-state index is 12.8. The molecular weight excluding hydrogens is 304 g/mol. The minimum absolute atomic E-state index is 0.138. The second kappa shape index (κ2) is 6.05. The number of benzene rings is 1. The summed E-state index contributed by atoms with van der Waals surface area (Å²) in [4.78, 5) is 17.2. The molecular formula is C19H26N2O3. The third kappa shape index (κ3) is 2.60. The lowest BCUT2D eigenvalue weighted by molar-refractivity contribution is -0.157. The van der Waals surface area contributed by atoms with Crippen molar-refractivity contribution in [1.29, 1.82) is 0 Å². The van der Waals surface area contributed by atoms with E-state index in [1.807, 2.05) is 29.2 Å². The number of para-hydroxylation sites is 1. The number of hydrogen-bond acceptors (Lipinski definition) is 4. The molecule has 3 aliphatic heterocycles. The maximum Gasteiger partial charge on any atom is 0.264 e. The van der Waals surface area contributed by atoms with Gasteiger partial charge >= 0.3 is 0 Å². The first-order valence-corrected chi connectivity index (χ1v) is 8.85. The van der Waals surface area contributed by atoms with Crippen LogP contribution >= 0.6 is 0 Å². The molecule has 2 atom stereocenters. The number of likely N-dealkylation sites (N-methyl/N-ethyl adjacent to an activating group) is 1. The fourth-order valence-electron chi connectivity index (χ4n) is 4.50. The van der Waals surface area contributed by atoms with Gasteiger partial charge in [0.1, 0.15) is 5.75 Å². The average molecular weight is 330 g/mol. The van der Waals surface area contributed by atoms with Crippen molar-refractivity contribution in [3.63, 3.8) is 0 Å². The Morgan fingerprint density at radius 2 is 2.17 bits per heavy atom. The fourth-order valence-corrected chi connectivity index (χ4v) is 4.50. The molecule has 0 aliphatic carbocycles. The summed E-state index contributed by atoms with van der Waals surface area (Å²) in [5.74, 6) is 1.61. The number of likely N-dealkylation sites (tertiary alicyclic amines) is 2. The van der Waals surface area contributed by atoms with Gasteiger partial charge in [-0.2, -0.15) is 0 Å². The van der Waals surface area contributed by atoms with Gasteiger partial charge in [-0.1, -0.05) is 18.2 Å². The zero-order valence-corrected chi connectivity index (χ0v) is 14.5. The predicted molar refractivity (Wildman–Crippen MR) is 91.1 cm³/mol. The standard InChI is InChI=1S/C19H26N2O3/c1-20-8-7-14(11-23-2)10-19(20)12-21(13-19)18(22)17-9-15-5-3-4-6-16(15)24-17/h3-6,14,17H,7-13H2,1-2H3/t14-,17+/m0/s1. The van der Waals surface area contributed by atoms with Gasteiger partial charge in [0.2, 0.25) is 0 Å². The van der Waals surface area contributed by atoms with Crippen LogP contribution in [0, 0.1) is 5.92 Å². The summed E-state index contributed by atoms with van der Waals surface area (Å²) in [7, 11) is 3.96. The Labute approximate surface area is 143 Å². The number of amides is 1. The second-order valence-electron chi connectivity index (χ2n) is 7.57. The van der Waals surface area contributed by atoms with Crippen molar-refractivity contribution in [2.75, 3.05) is 40.4 Å². The smallest absolute Gasteiger partial charge is 0.264 e. The monoisotopic (exact) mass is 330 g/mol. The fraction of sp³-hybridized carbons (Fsp3) is 0.632. The van der Waals surface area contributed by atoms with Crippen LogP contribution in [0.1, 0.15) is 18.4 Å². The lowest BCUT2D eigenvalue weighted by Crippen LogP contribution is -2.73. The zero-order valence-electron chi connectivity index (χ0n) is 14.5. The summed E-state index contributed by atoms with van der Waals surface area (Å²) in [5, 5.41) is 0. The average Bonchev–Trinajstić information content (AvgIpc) is 2.98. The topological polar surface area (TPSA) is 42.0 Å². The second-order valence-corrected chi connectivity index (χ2v) is 7.57. The highest BCUT2D eigenvalue weighted by atomic mass is 16.5. The van der Waals surface area contributed by atoms with Crippen LogP contribution in [0.3, 0.4) is 0 Å². The SMILES string of the molecule is COC[C@H]1CCN(C)C2(C1)CN(C(=O)[C@H]1Cc3ccccc3O1)C2. The van der Waals surface area contributed by atoms with E-state index in [-0.39, 0.29) is 17.6 Å². The van der Waals surface area contributed by atoms with Crippen LogP contribution in [-0.4, -0.2) is 67.7 Å². The van der Waals surface area contributed by atoms with Crippen LogP contribution < -0.4 is 4.74 Å². The van der Waals surface area contributed by atoms with Gasteiger partial charge < -0.3 is 14.4 Å². The number of rotatable bonds is 3. The molecule has 3 heterocycles. The van der Waals surface area contributed by atoms with Crippen LogP contribution in [0.25, 0.3) is 0 Å². The molecule has 1 aromatic carbocycles. The largest absolute Gasteiger partial charge is 0.480 e. The Bertz CT molecular complexity index is 602. The van der Waals surface area contributed by atoms with Gasteiger partial charge in [-0.25, -0.2) is 0 Å². The molecule has 0 radical (unpaired) electrons. The Balaban J connectivity index is 1.38. The molecule has 0 bridgehead atoms. The van der Waals surface area contributed by atoms with Gasteiger partial charge in [0.25, 0.3) is 5.91 Å². The van der Waals surface area contributed by atoms with E-state index in [0.717, 1.165) is 44.0 Å². The normalized spacial score (nSPS) is 28.3. The van der Waals surface area contributed by atoms with Crippen LogP contribution in [-0.2, 0) is 16.0 Å². The first kappa shape index (κ1) is 15.9. The Kier molecular flexibility index (Phi) is 4.01. The van der Waals surface area contributed by atoms with E-state index in [2.05, 4.69) is 11.9 Å². The maximum atomic E-state index is 12.8. The molecule has 0 unspecified atom stereocenters. The molecule has 1 aromatic rings. The Morgan fingerprint density at radius 1 is 1.38 bits per heavy atom. The first-order chi connectivity index (χ1) is 11.6. The number of methoxy groups -OCH3 is 1. The molecule has 4 rings (SSSR count). The van der Waals surface area contributed by atoms with Crippen molar-refractivity contribution in [1.82, 2.24) is 9.80 Å². The zero-order chi connectivity index (χ0) is 16.7. The molecule has 0 aromatic heterocycles. The Hall–Kier alpha value is -1.59. The first-order valence-electron chi connectivity index (χ1n) is 8.85. The van der Waals surface area contributed by atoms with Gasteiger partial charge in [0, 0.05) is 33.2 Å². The number of piperidine rings is 1. The molecule has 5 heteroatoms. The summed E-state index contributed by atoms with van der Waals surface area (Å²) >= 11 is 0. The van der Waals surface area contributed by atoms with E-state index in [9.17, 15) is 4.79 Å². The van der Waals surface area contributed by atoms with E-state index in [4.69, 9.17) is 9.47 Å². The van der Waals surface area contributed by atoms with Gasteiger partial charge in [0.05, 0.1) is 5.54 Å². The molecule has 2 fully saturated rings. The third-order valence-corrected chi connectivity index (χ3v) is 5.96. The van der Waals surface area contributed by atoms with Crippen LogP contribution in [0.15, 0.2) is 24.3 Å². The van der Waals surface area contributed by atoms with Crippen LogP contribution in [0.2, 0.25) is 0 Å². The van der Waals surface area contributed by atoms with Crippen molar-refractivity contribution < 1.29 is 14.3 Å². The van der Waals surface area contributed by atoms with Crippen molar-refractivity contribution in [3.8, 4) is 5.75 Å². The Morgan fingerprint density at radius 3 is 2.92 bits per heavy atom. The van der Waals surface area contributed by atoms with Crippen LogP contribution in [0.5, 0.6) is 5.75 Å². The van der Waals surface area contributed by atoms with Crippen LogP contribution in [0.4, 0.5) is 0 Å². The van der Waals surface area contributed by atoms with Crippen molar-refractivity contribution in [2.45, 2.75) is 30.9 Å². The highest BCUT2D eigenvalue weighted by molar-refractivity contribution is 5.83. The summed E-state index contributed by atoms with van der Waals surface area (Å²) in [5.41, 5.74) is 1.28. The molecule has 130 valence electrons. The number of nitrogens with zero attached hydrogens (tertiary/aromatic N) is 2. The quantitative estimate of drug-likeness (QED) is 0.843.